The number of nitrogens with one attached hydrogen (secondary N) is 1. The van der Waals surface area contributed by atoms with E-state index >= 15 is 0 Å². The summed E-state index contributed by atoms with van der Waals surface area (Å²) in [5.74, 6) is 1.20. The van der Waals surface area contributed by atoms with Gasteiger partial charge in [0.1, 0.15) is 6.61 Å². The quantitative estimate of drug-likeness (QED) is 0.637. The Morgan fingerprint density at radius 2 is 1.80 bits per heavy atom. The van der Waals surface area contributed by atoms with Gasteiger partial charge in [-0.1, -0.05) is 41.4 Å². The summed E-state index contributed by atoms with van der Waals surface area (Å²) in [6.07, 6.45) is 0. The van der Waals surface area contributed by atoms with Gasteiger partial charge in [0.2, 0.25) is 0 Å². The summed E-state index contributed by atoms with van der Waals surface area (Å²) in [6, 6.07) is 12.0. The molecule has 0 atom stereocenters. The number of benzene rings is 2. The number of hydrogen-bond acceptors (Lipinski definition) is 4. The number of halogens is 2. The molecule has 0 fully saturated rings. The van der Waals surface area contributed by atoms with E-state index in [1.165, 1.54) is 5.56 Å². The van der Waals surface area contributed by atoms with Crippen LogP contribution in [0.2, 0.25) is 5.02 Å². The van der Waals surface area contributed by atoms with Crippen molar-refractivity contribution in [2.24, 2.45) is 0 Å². The summed E-state index contributed by atoms with van der Waals surface area (Å²) < 4.78 is 11.6. The molecule has 0 heterocycles. The predicted octanol–water partition coefficient (Wildman–Crippen LogP) is 4.13. The Morgan fingerprint density at radius 3 is 2.44 bits per heavy atom. The summed E-state index contributed by atoms with van der Waals surface area (Å²) in [5, 5.41) is 12.5. The van der Waals surface area contributed by atoms with Crippen molar-refractivity contribution in [3.05, 3.63) is 58.1 Å². The average Bonchev–Trinajstić information content (AvgIpc) is 2.56. The van der Waals surface area contributed by atoms with Gasteiger partial charge >= 0.3 is 0 Å². The summed E-state index contributed by atoms with van der Waals surface area (Å²) in [5.41, 5.74) is 3.28. The minimum absolute atomic E-state index is 0. The van der Waals surface area contributed by atoms with Crippen LogP contribution in [-0.4, -0.2) is 24.9 Å². The Hall–Kier alpha value is -1.46. The molecule has 6 heteroatoms. The lowest BCUT2D eigenvalue weighted by Gasteiger charge is -2.15. The number of rotatable bonds is 9. The van der Waals surface area contributed by atoms with Crippen molar-refractivity contribution in [2.75, 3.05) is 19.8 Å². The number of aliphatic hydroxyl groups excluding tert-OH is 1. The molecular weight excluding hydrogens is 361 g/mol. The lowest BCUT2D eigenvalue weighted by Crippen LogP contribution is -2.17. The number of hydrogen-bond donors (Lipinski definition) is 2. The molecular formula is C19H25Cl2NO3. The van der Waals surface area contributed by atoms with Gasteiger partial charge in [-0.2, -0.15) is 0 Å². The van der Waals surface area contributed by atoms with Crippen LogP contribution >= 0.6 is 24.0 Å². The fourth-order valence-corrected chi connectivity index (χ4v) is 2.57. The van der Waals surface area contributed by atoms with Crippen LogP contribution in [0.1, 0.15) is 23.6 Å². The SMILES string of the molecule is CCOc1cc(CNCCO)cc(Cl)c1OCc1ccc(C)cc1.Cl. The standard InChI is InChI=1S/C19H24ClNO3.ClH/c1-3-23-18-11-16(12-21-8-9-22)10-17(20)19(18)24-13-15-6-4-14(2)5-7-15;/h4-7,10-11,21-22H,3,8-9,12-13H2,1-2H3;1H. The first-order chi connectivity index (χ1) is 11.6. The minimum Gasteiger partial charge on any atom is -0.490 e. The second-order valence-corrected chi connectivity index (χ2v) is 5.92. The highest BCUT2D eigenvalue weighted by Gasteiger charge is 2.13. The highest BCUT2D eigenvalue weighted by Crippen LogP contribution is 2.37. The van der Waals surface area contributed by atoms with Gasteiger partial charge in [-0.3, -0.25) is 0 Å². The van der Waals surface area contributed by atoms with Gasteiger partial charge in [0.15, 0.2) is 11.5 Å². The zero-order chi connectivity index (χ0) is 17.4. The Morgan fingerprint density at radius 1 is 1.08 bits per heavy atom. The van der Waals surface area contributed by atoms with E-state index in [-0.39, 0.29) is 19.0 Å². The third-order valence-corrected chi connectivity index (χ3v) is 3.77. The van der Waals surface area contributed by atoms with E-state index in [9.17, 15) is 0 Å². The smallest absolute Gasteiger partial charge is 0.180 e. The molecule has 0 saturated heterocycles. The zero-order valence-electron chi connectivity index (χ0n) is 14.5. The summed E-state index contributed by atoms with van der Waals surface area (Å²) in [4.78, 5) is 0. The third kappa shape index (κ3) is 6.75. The highest BCUT2D eigenvalue weighted by atomic mass is 35.5. The molecule has 0 saturated carbocycles. The molecule has 25 heavy (non-hydrogen) atoms. The van der Waals surface area contributed by atoms with Crippen molar-refractivity contribution in [2.45, 2.75) is 27.0 Å². The number of aliphatic hydroxyl groups is 1. The molecule has 4 nitrogen and oxygen atoms in total. The molecule has 2 aromatic rings. The van der Waals surface area contributed by atoms with E-state index in [1.807, 2.05) is 31.2 Å². The molecule has 0 unspecified atom stereocenters. The van der Waals surface area contributed by atoms with Gasteiger partial charge in [0.05, 0.1) is 18.2 Å². The predicted molar refractivity (Wildman–Crippen MR) is 104 cm³/mol. The fraction of sp³-hybridized carbons (Fsp3) is 0.368. The Labute approximate surface area is 160 Å². The van der Waals surface area contributed by atoms with Crippen molar-refractivity contribution >= 4 is 24.0 Å². The number of ether oxygens (including phenoxy) is 2. The van der Waals surface area contributed by atoms with E-state index in [4.69, 9.17) is 26.2 Å². The van der Waals surface area contributed by atoms with Gasteiger partial charge in [0, 0.05) is 13.1 Å². The minimum atomic E-state index is 0. The third-order valence-electron chi connectivity index (χ3n) is 3.49. The first-order valence-corrected chi connectivity index (χ1v) is 8.47. The fourth-order valence-electron chi connectivity index (χ4n) is 2.28. The van der Waals surface area contributed by atoms with Crippen LogP contribution in [0.5, 0.6) is 11.5 Å². The molecule has 2 aromatic carbocycles. The molecule has 0 bridgehead atoms. The van der Waals surface area contributed by atoms with E-state index < -0.39 is 0 Å². The van der Waals surface area contributed by atoms with Crippen LogP contribution in [0, 0.1) is 6.92 Å². The molecule has 0 aliphatic rings. The molecule has 0 amide bonds. The van der Waals surface area contributed by atoms with Crippen LogP contribution in [0.25, 0.3) is 0 Å². The van der Waals surface area contributed by atoms with Gasteiger partial charge < -0.3 is 19.9 Å². The van der Waals surface area contributed by atoms with E-state index in [0.29, 0.717) is 42.8 Å². The summed E-state index contributed by atoms with van der Waals surface area (Å²) >= 11 is 6.39. The molecule has 2 N–H and O–H groups in total. The summed E-state index contributed by atoms with van der Waals surface area (Å²) in [7, 11) is 0. The van der Waals surface area contributed by atoms with Crippen LogP contribution < -0.4 is 14.8 Å². The maximum absolute atomic E-state index is 8.84. The van der Waals surface area contributed by atoms with E-state index in [1.54, 1.807) is 0 Å². The van der Waals surface area contributed by atoms with Gasteiger partial charge in [0.25, 0.3) is 0 Å². The van der Waals surface area contributed by atoms with Gasteiger partial charge in [-0.05, 0) is 37.1 Å². The largest absolute Gasteiger partial charge is 0.490 e. The molecule has 0 spiro atoms. The topological polar surface area (TPSA) is 50.7 Å². The molecule has 138 valence electrons. The van der Waals surface area contributed by atoms with Crippen molar-refractivity contribution < 1.29 is 14.6 Å². The monoisotopic (exact) mass is 385 g/mol. The Bertz CT molecular complexity index is 648. The number of aryl methyl sites for hydroxylation is 1. The normalized spacial score (nSPS) is 10.2. The van der Waals surface area contributed by atoms with Crippen LogP contribution in [-0.2, 0) is 13.2 Å². The second-order valence-electron chi connectivity index (χ2n) is 5.51. The van der Waals surface area contributed by atoms with Crippen molar-refractivity contribution in [3.8, 4) is 11.5 Å². The molecule has 0 aromatic heterocycles. The lowest BCUT2D eigenvalue weighted by atomic mass is 10.1. The second kappa shape index (κ2) is 11.2. The average molecular weight is 386 g/mol. The molecule has 0 aliphatic carbocycles. The lowest BCUT2D eigenvalue weighted by molar-refractivity contribution is 0.269. The maximum atomic E-state index is 8.84. The zero-order valence-corrected chi connectivity index (χ0v) is 16.1. The Balaban J connectivity index is 0.00000312. The maximum Gasteiger partial charge on any atom is 0.180 e. The van der Waals surface area contributed by atoms with Crippen LogP contribution in [0.4, 0.5) is 0 Å². The van der Waals surface area contributed by atoms with Crippen LogP contribution in [0.3, 0.4) is 0 Å². The summed E-state index contributed by atoms with van der Waals surface area (Å²) in [6.45, 7) is 6.19. The first-order valence-electron chi connectivity index (χ1n) is 8.09. The van der Waals surface area contributed by atoms with E-state index in [0.717, 1.165) is 11.1 Å². The van der Waals surface area contributed by atoms with E-state index in [2.05, 4.69) is 24.4 Å². The molecule has 2 rings (SSSR count). The highest BCUT2D eigenvalue weighted by molar-refractivity contribution is 6.32. The van der Waals surface area contributed by atoms with Crippen molar-refractivity contribution in [1.82, 2.24) is 5.32 Å². The molecule has 0 radical (unpaired) electrons. The van der Waals surface area contributed by atoms with Gasteiger partial charge in [-0.25, -0.2) is 0 Å². The van der Waals surface area contributed by atoms with Crippen molar-refractivity contribution in [3.63, 3.8) is 0 Å². The van der Waals surface area contributed by atoms with Gasteiger partial charge in [-0.15, -0.1) is 12.4 Å². The van der Waals surface area contributed by atoms with Crippen molar-refractivity contribution in [1.29, 1.82) is 0 Å². The molecule has 0 aliphatic heterocycles. The first kappa shape index (κ1) is 21.6. The van der Waals surface area contributed by atoms with Crippen LogP contribution in [0.15, 0.2) is 36.4 Å². The Kier molecular flexibility index (Phi) is 9.68.